The van der Waals surface area contributed by atoms with Gasteiger partial charge in [0.2, 0.25) is 15.9 Å². The molecule has 1 amide bonds. The Morgan fingerprint density at radius 3 is 2.81 bits per heavy atom. The van der Waals surface area contributed by atoms with E-state index in [1.165, 1.54) is 11.4 Å². The lowest BCUT2D eigenvalue weighted by atomic mass is 10.2. The minimum absolute atomic E-state index is 0.116. The molecule has 8 heteroatoms. The van der Waals surface area contributed by atoms with E-state index in [1.807, 2.05) is 0 Å². The molecular formula is C13H19N3O4S. The van der Waals surface area contributed by atoms with Crippen LogP contribution in [0.25, 0.3) is 0 Å². The first kappa shape index (κ1) is 15.6. The van der Waals surface area contributed by atoms with E-state index in [0.29, 0.717) is 30.1 Å². The summed E-state index contributed by atoms with van der Waals surface area (Å²) in [5.41, 5.74) is 6.74. The molecule has 0 aliphatic carbocycles. The van der Waals surface area contributed by atoms with Crippen LogP contribution in [0.1, 0.15) is 12.8 Å². The fourth-order valence-electron chi connectivity index (χ4n) is 2.20. The maximum absolute atomic E-state index is 11.8. The van der Waals surface area contributed by atoms with E-state index < -0.39 is 10.0 Å². The molecule has 1 aromatic carbocycles. The van der Waals surface area contributed by atoms with Gasteiger partial charge in [0.15, 0.2) is 0 Å². The van der Waals surface area contributed by atoms with Gasteiger partial charge >= 0.3 is 0 Å². The van der Waals surface area contributed by atoms with Crippen molar-refractivity contribution in [2.75, 3.05) is 37.0 Å². The maximum Gasteiger partial charge on any atom is 0.225 e. The highest BCUT2D eigenvalue weighted by Gasteiger charge is 2.28. The number of nitrogens with two attached hydrogens (primary N) is 1. The highest BCUT2D eigenvalue weighted by atomic mass is 32.2. The second-order valence-corrected chi connectivity index (χ2v) is 6.91. The lowest BCUT2D eigenvalue weighted by Gasteiger charge is -2.14. The number of ether oxygens (including phenoxy) is 1. The molecule has 1 saturated heterocycles. The van der Waals surface area contributed by atoms with Gasteiger partial charge in [-0.1, -0.05) is 0 Å². The van der Waals surface area contributed by atoms with Crippen molar-refractivity contribution in [2.24, 2.45) is 0 Å². The molecule has 1 fully saturated rings. The van der Waals surface area contributed by atoms with Gasteiger partial charge in [-0.3, -0.25) is 4.79 Å². The average molecular weight is 313 g/mol. The van der Waals surface area contributed by atoms with Crippen LogP contribution in [0.3, 0.4) is 0 Å². The van der Waals surface area contributed by atoms with Crippen LogP contribution in [0.4, 0.5) is 11.4 Å². The van der Waals surface area contributed by atoms with Crippen LogP contribution in [0.15, 0.2) is 18.2 Å². The zero-order valence-electron chi connectivity index (χ0n) is 11.8. The number of anilines is 2. The Balaban J connectivity index is 1.89. The molecule has 116 valence electrons. The zero-order valence-corrected chi connectivity index (χ0v) is 12.6. The molecular weight excluding hydrogens is 294 g/mol. The summed E-state index contributed by atoms with van der Waals surface area (Å²) < 4.78 is 29.6. The number of carbonyl (C=O) groups excluding carboxylic acids is 1. The van der Waals surface area contributed by atoms with Crippen LogP contribution in [0.2, 0.25) is 0 Å². The molecule has 0 aromatic heterocycles. The lowest BCUT2D eigenvalue weighted by Crippen LogP contribution is -2.29. The number of amides is 1. The molecule has 0 atom stereocenters. The van der Waals surface area contributed by atoms with E-state index in [-0.39, 0.29) is 24.6 Å². The largest absolute Gasteiger partial charge is 0.495 e. The highest BCUT2D eigenvalue weighted by Crippen LogP contribution is 2.24. The quantitative estimate of drug-likeness (QED) is 0.777. The molecule has 21 heavy (non-hydrogen) atoms. The number of nitrogens with zero attached hydrogens (tertiary/aromatic N) is 1. The standard InChI is InChI=1S/C13H19N3O4S/c1-20-12-4-3-10(9-11(12)14)15-13(17)5-7-16-6-2-8-21(16,18)19/h3-4,9H,2,5-8,14H2,1H3,(H,15,17). The second-order valence-electron chi connectivity index (χ2n) is 4.82. The summed E-state index contributed by atoms with van der Waals surface area (Å²) in [5, 5.41) is 2.69. The number of carbonyl (C=O) groups is 1. The normalized spacial score (nSPS) is 17.6. The van der Waals surface area contributed by atoms with Gasteiger partial charge < -0.3 is 15.8 Å². The van der Waals surface area contributed by atoms with Crippen molar-refractivity contribution in [1.29, 1.82) is 0 Å². The number of hydrogen-bond acceptors (Lipinski definition) is 5. The predicted octanol–water partition coefficient (Wildman–Crippen LogP) is 0.641. The monoisotopic (exact) mass is 313 g/mol. The first-order chi connectivity index (χ1) is 9.92. The number of nitrogen functional groups attached to an aromatic ring is 1. The van der Waals surface area contributed by atoms with Crippen LogP contribution in [-0.4, -0.2) is 44.6 Å². The Morgan fingerprint density at radius 1 is 1.48 bits per heavy atom. The number of nitrogens with one attached hydrogen (secondary N) is 1. The van der Waals surface area contributed by atoms with E-state index in [9.17, 15) is 13.2 Å². The number of sulfonamides is 1. The van der Waals surface area contributed by atoms with Gasteiger partial charge in [0.1, 0.15) is 5.75 Å². The Kier molecular flexibility index (Phi) is 4.69. The van der Waals surface area contributed by atoms with E-state index in [4.69, 9.17) is 10.5 Å². The summed E-state index contributed by atoms with van der Waals surface area (Å²) in [6, 6.07) is 4.94. The van der Waals surface area contributed by atoms with Crippen molar-refractivity contribution in [3.63, 3.8) is 0 Å². The first-order valence-electron chi connectivity index (χ1n) is 6.63. The Bertz CT molecular complexity index is 630. The first-order valence-corrected chi connectivity index (χ1v) is 8.24. The molecule has 0 spiro atoms. The number of benzene rings is 1. The molecule has 0 bridgehead atoms. The fourth-order valence-corrected chi connectivity index (χ4v) is 3.73. The SMILES string of the molecule is COc1ccc(NC(=O)CCN2CCCS2(=O)=O)cc1N. The molecule has 1 heterocycles. The minimum Gasteiger partial charge on any atom is -0.495 e. The average Bonchev–Trinajstić information content (AvgIpc) is 2.75. The van der Waals surface area contributed by atoms with Gasteiger partial charge in [0.05, 0.1) is 18.6 Å². The van der Waals surface area contributed by atoms with Crippen molar-refractivity contribution in [1.82, 2.24) is 4.31 Å². The number of rotatable bonds is 5. The van der Waals surface area contributed by atoms with Gasteiger partial charge in [-0.25, -0.2) is 12.7 Å². The highest BCUT2D eigenvalue weighted by molar-refractivity contribution is 7.89. The Labute approximate surface area is 124 Å². The summed E-state index contributed by atoms with van der Waals surface area (Å²) in [7, 11) is -1.64. The van der Waals surface area contributed by atoms with Gasteiger partial charge in [-0.2, -0.15) is 0 Å². The number of methoxy groups -OCH3 is 1. The van der Waals surface area contributed by atoms with Crippen molar-refractivity contribution >= 4 is 27.3 Å². The molecule has 0 unspecified atom stereocenters. The molecule has 0 radical (unpaired) electrons. The molecule has 7 nitrogen and oxygen atoms in total. The van der Waals surface area contributed by atoms with Gasteiger partial charge in [0.25, 0.3) is 0 Å². The van der Waals surface area contributed by atoms with Crippen LogP contribution in [0, 0.1) is 0 Å². The Hall–Kier alpha value is -1.80. The molecule has 3 N–H and O–H groups in total. The van der Waals surface area contributed by atoms with Crippen LogP contribution >= 0.6 is 0 Å². The molecule has 2 rings (SSSR count). The van der Waals surface area contributed by atoms with Gasteiger partial charge in [-0.15, -0.1) is 0 Å². The molecule has 1 aliphatic heterocycles. The molecule has 0 saturated carbocycles. The van der Waals surface area contributed by atoms with Crippen LogP contribution in [0.5, 0.6) is 5.75 Å². The zero-order chi connectivity index (χ0) is 15.5. The van der Waals surface area contributed by atoms with Gasteiger partial charge in [0, 0.05) is 25.2 Å². The number of hydrogen-bond donors (Lipinski definition) is 2. The van der Waals surface area contributed by atoms with Crippen molar-refractivity contribution in [2.45, 2.75) is 12.8 Å². The third kappa shape index (κ3) is 3.85. The van der Waals surface area contributed by atoms with Gasteiger partial charge in [-0.05, 0) is 24.6 Å². The summed E-state index contributed by atoms with van der Waals surface area (Å²) in [5.74, 6) is 0.460. The summed E-state index contributed by atoms with van der Waals surface area (Å²) in [6.45, 7) is 0.699. The van der Waals surface area contributed by atoms with Crippen molar-refractivity contribution < 1.29 is 17.9 Å². The van der Waals surface area contributed by atoms with E-state index in [0.717, 1.165) is 0 Å². The smallest absolute Gasteiger partial charge is 0.225 e. The predicted molar refractivity (Wildman–Crippen MR) is 80.6 cm³/mol. The van der Waals surface area contributed by atoms with Crippen molar-refractivity contribution in [3.8, 4) is 5.75 Å². The summed E-state index contributed by atoms with van der Waals surface area (Å²) in [4.78, 5) is 11.8. The van der Waals surface area contributed by atoms with Crippen LogP contribution < -0.4 is 15.8 Å². The third-order valence-electron chi connectivity index (χ3n) is 3.30. The third-order valence-corrected chi connectivity index (χ3v) is 5.26. The summed E-state index contributed by atoms with van der Waals surface area (Å²) >= 11 is 0. The molecule has 1 aliphatic rings. The molecule has 1 aromatic rings. The lowest BCUT2D eigenvalue weighted by molar-refractivity contribution is -0.116. The maximum atomic E-state index is 11.8. The Morgan fingerprint density at radius 2 is 2.24 bits per heavy atom. The van der Waals surface area contributed by atoms with E-state index >= 15 is 0 Å². The summed E-state index contributed by atoms with van der Waals surface area (Å²) in [6.07, 6.45) is 0.740. The van der Waals surface area contributed by atoms with E-state index in [1.54, 1.807) is 18.2 Å². The van der Waals surface area contributed by atoms with E-state index in [2.05, 4.69) is 5.32 Å². The second kappa shape index (κ2) is 6.31. The minimum atomic E-state index is -3.15. The van der Waals surface area contributed by atoms with Crippen molar-refractivity contribution in [3.05, 3.63) is 18.2 Å². The topological polar surface area (TPSA) is 102 Å². The van der Waals surface area contributed by atoms with Crippen LogP contribution in [-0.2, 0) is 14.8 Å². The fraction of sp³-hybridized carbons (Fsp3) is 0.462.